The fraction of sp³-hybridized carbons (Fsp3) is 0.818. The molecule has 3 unspecified atom stereocenters. The topological polar surface area (TPSA) is 38.0 Å². The third-order valence-corrected chi connectivity index (χ3v) is 3.18. The zero-order valence-electron chi connectivity index (χ0n) is 8.63. The summed E-state index contributed by atoms with van der Waals surface area (Å²) in [5.41, 5.74) is 2.92. The molecule has 0 aromatic heterocycles. The quantitative estimate of drug-likeness (QED) is 0.397. The molecule has 0 heterocycles. The highest BCUT2D eigenvalue weighted by Gasteiger charge is 2.24. The molecule has 0 spiro atoms. The molecule has 0 saturated heterocycles. The molecule has 1 saturated carbocycles. The molecular weight excluding hydrogens is 160 g/mol. The lowest BCUT2D eigenvalue weighted by Gasteiger charge is -2.32. The number of hydrogen-bond acceptors (Lipinski definition) is 2. The van der Waals surface area contributed by atoms with Crippen molar-refractivity contribution in [1.82, 2.24) is 5.43 Å². The lowest BCUT2D eigenvalue weighted by Crippen LogP contribution is -2.42. The normalized spacial score (nSPS) is 31.2. The first-order chi connectivity index (χ1) is 6.27. The summed E-state index contributed by atoms with van der Waals surface area (Å²) in [5, 5.41) is 0. The van der Waals surface area contributed by atoms with Crippen molar-refractivity contribution in [2.75, 3.05) is 0 Å². The van der Waals surface area contributed by atoms with Crippen molar-refractivity contribution in [2.45, 2.75) is 45.1 Å². The van der Waals surface area contributed by atoms with Crippen LogP contribution in [-0.4, -0.2) is 6.04 Å². The molecule has 13 heavy (non-hydrogen) atoms. The predicted molar refractivity (Wildman–Crippen MR) is 57.0 cm³/mol. The smallest absolute Gasteiger partial charge is 0.0273 e. The van der Waals surface area contributed by atoms with Crippen LogP contribution in [0.25, 0.3) is 0 Å². The van der Waals surface area contributed by atoms with E-state index in [9.17, 15) is 0 Å². The van der Waals surface area contributed by atoms with Crippen molar-refractivity contribution in [1.29, 1.82) is 0 Å². The van der Waals surface area contributed by atoms with E-state index in [-0.39, 0.29) is 0 Å². The van der Waals surface area contributed by atoms with Crippen LogP contribution < -0.4 is 11.3 Å². The van der Waals surface area contributed by atoms with Crippen LogP contribution in [-0.2, 0) is 0 Å². The van der Waals surface area contributed by atoms with E-state index < -0.39 is 0 Å². The fourth-order valence-corrected chi connectivity index (χ4v) is 2.42. The van der Waals surface area contributed by atoms with E-state index in [0.717, 1.165) is 18.3 Å². The van der Waals surface area contributed by atoms with Gasteiger partial charge in [0.1, 0.15) is 0 Å². The summed E-state index contributed by atoms with van der Waals surface area (Å²) < 4.78 is 0. The molecule has 2 heteroatoms. The van der Waals surface area contributed by atoms with E-state index in [4.69, 9.17) is 5.84 Å². The largest absolute Gasteiger partial charge is 0.271 e. The van der Waals surface area contributed by atoms with Crippen molar-refractivity contribution in [3.63, 3.8) is 0 Å². The summed E-state index contributed by atoms with van der Waals surface area (Å²) in [4.78, 5) is 0. The number of hydrazine groups is 1. The average molecular weight is 182 g/mol. The van der Waals surface area contributed by atoms with Gasteiger partial charge in [0, 0.05) is 6.04 Å². The van der Waals surface area contributed by atoms with E-state index in [2.05, 4.69) is 18.9 Å². The maximum atomic E-state index is 5.54. The molecular formula is C11H22N2. The second kappa shape index (κ2) is 5.40. The number of hydrogen-bond donors (Lipinski definition) is 2. The molecule has 76 valence electrons. The van der Waals surface area contributed by atoms with Gasteiger partial charge in [0.15, 0.2) is 0 Å². The van der Waals surface area contributed by atoms with Crippen LogP contribution in [0.1, 0.15) is 39.0 Å². The van der Waals surface area contributed by atoms with Crippen LogP contribution in [0.2, 0.25) is 0 Å². The summed E-state index contributed by atoms with van der Waals surface area (Å²) in [6.07, 6.45) is 8.36. The summed E-state index contributed by atoms with van der Waals surface area (Å²) in [6, 6.07) is 0.445. The Hall–Kier alpha value is -0.340. The van der Waals surface area contributed by atoms with Gasteiger partial charge in [0.2, 0.25) is 0 Å². The van der Waals surface area contributed by atoms with E-state index in [1.165, 1.54) is 25.7 Å². The fourth-order valence-electron chi connectivity index (χ4n) is 2.42. The van der Waals surface area contributed by atoms with Crippen LogP contribution >= 0.6 is 0 Å². The highest BCUT2D eigenvalue weighted by Crippen LogP contribution is 2.31. The van der Waals surface area contributed by atoms with Gasteiger partial charge in [-0.15, -0.1) is 6.58 Å². The van der Waals surface area contributed by atoms with Gasteiger partial charge in [-0.05, 0) is 31.1 Å². The molecule has 0 radical (unpaired) electrons. The molecule has 1 rings (SSSR count). The molecule has 0 amide bonds. The van der Waals surface area contributed by atoms with E-state index >= 15 is 0 Å². The minimum absolute atomic E-state index is 0.445. The Labute approximate surface area is 81.6 Å². The molecule has 3 N–H and O–H groups in total. The second-order valence-corrected chi connectivity index (χ2v) is 4.33. The van der Waals surface area contributed by atoms with Gasteiger partial charge in [-0.1, -0.05) is 25.8 Å². The Balaban J connectivity index is 2.42. The lowest BCUT2D eigenvalue weighted by molar-refractivity contribution is 0.223. The predicted octanol–water partition coefficient (Wildman–Crippen LogP) is 2.22. The van der Waals surface area contributed by atoms with E-state index in [0.29, 0.717) is 6.04 Å². The highest BCUT2D eigenvalue weighted by atomic mass is 15.2. The van der Waals surface area contributed by atoms with Crippen molar-refractivity contribution in [2.24, 2.45) is 17.7 Å². The third-order valence-electron chi connectivity index (χ3n) is 3.18. The van der Waals surface area contributed by atoms with Crippen molar-refractivity contribution < 1.29 is 0 Å². The second-order valence-electron chi connectivity index (χ2n) is 4.33. The Morgan fingerprint density at radius 3 is 2.92 bits per heavy atom. The van der Waals surface area contributed by atoms with Gasteiger partial charge in [-0.3, -0.25) is 11.3 Å². The van der Waals surface area contributed by atoms with Gasteiger partial charge in [0.05, 0.1) is 0 Å². The molecule has 1 fully saturated rings. The maximum absolute atomic E-state index is 5.54. The molecule has 0 aromatic rings. The molecule has 1 aliphatic carbocycles. The van der Waals surface area contributed by atoms with Crippen LogP contribution in [0.5, 0.6) is 0 Å². The van der Waals surface area contributed by atoms with Gasteiger partial charge in [0.25, 0.3) is 0 Å². The standard InChI is InChI=1S/C11H22N2/c1-3-5-11(13-12)10-7-4-6-9(2)8-10/h3,9-11,13H,1,4-8,12H2,2H3. The molecule has 2 nitrogen and oxygen atoms in total. The van der Waals surface area contributed by atoms with Crippen molar-refractivity contribution in [3.8, 4) is 0 Å². The first-order valence-electron chi connectivity index (χ1n) is 5.35. The summed E-state index contributed by atoms with van der Waals surface area (Å²) in [7, 11) is 0. The van der Waals surface area contributed by atoms with Gasteiger partial charge in [-0.25, -0.2) is 0 Å². The van der Waals surface area contributed by atoms with E-state index in [1.54, 1.807) is 0 Å². The van der Waals surface area contributed by atoms with Crippen LogP contribution in [0, 0.1) is 11.8 Å². The van der Waals surface area contributed by atoms with Gasteiger partial charge in [-0.2, -0.15) is 0 Å². The maximum Gasteiger partial charge on any atom is 0.0273 e. The Kier molecular flexibility index (Phi) is 4.46. The van der Waals surface area contributed by atoms with Crippen LogP contribution in [0.4, 0.5) is 0 Å². The minimum atomic E-state index is 0.445. The number of nitrogens with one attached hydrogen (secondary N) is 1. The zero-order valence-corrected chi connectivity index (χ0v) is 8.63. The summed E-state index contributed by atoms with van der Waals surface area (Å²) in [5.74, 6) is 7.17. The average Bonchev–Trinajstić information content (AvgIpc) is 2.14. The Bertz CT molecular complexity index is 156. The monoisotopic (exact) mass is 182 g/mol. The summed E-state index contributed by atoms with van der Waals surface area (Å²) >= 11 is 0. The van der Waals surface area contributed by atoms with Crippen molar-refractivity contribution in [3.05, 3.63) is 12.7 Å². The molecule has 1 aliphatic rings. The zero-order chi connectivity index (χ0) is 9.68. The third kappa shape index (κ3) is 3.12. The molecule has 3 atom stereocenters. The molecule has 0 aliphatic heterocycles. The van der Waals surface area contributed by atoms with Crippen LogP contribution in [0.3, 0.4) is 0 Å². The molecule has 0 aromatic carbocycles. The lowest BCUT2D eigenvalue weighted by atomic mass is 9.78. The molecule has 0 bridgehead atoms. The van der Waals surface area contributed by atoms with Crippen LogP contribution in [0.15, 0.2) is 12.7 Å². The Morgan fingerprint density at radius 2 is 2.38 bits per heavy atom. The Morgan fingerprint density at radius 1 is 1.62 bits per heavy atom. The van der Waals surface area contributed by atoms with E-state index in [1.807, 2.05) is 6.08 Å². The number of rotatable bonds is 4. The summed E-state index contributed by atoms with van der Waals surface area (Å²) in [6.45, 7) is 6.11. The van der Waals surface area contributed by atoms with Gasteiger partial charge >= 0.3 is 0 Å². The highest BCUT2D eigenvalue weighted by molar-refractivity contribution is 4.85. The first-order valence-corrected chi connectivity index (χ1v) is 5.35. The minimum Gasteiger partial charge on any atom is -0.271 e. The first kappa shape index (κ1) is 10.7. The SMILES string of the molecule is C=CCC(NN)C1CCCC(C)C1. The van der Waals surface area contributed by atoms with Crippen molar-refractivity contribution >= 4 is 0 Å². The van der Waals surface area contributed by atoms with Gasteiger partial charge < -0.3 is 0 Å². The number of nitrogens with two attached hydrogens (primary N) is 1.